The number of ether oxygens (including phenoxy) is 6. The molecule has 4 rings (SSSR count). The van der Waals surface area contributed by atoms with E-state index in [-0.39, 0.29) is 31.3 Å². The Balaban J connectivity index is 2.22. The van der Waals surface area contributed by atoms with Crippen molar-refractivity contribution in [3.8, 4) is 0 Å². The van der Waals surface area contributed by atoms with E-state index in [0.717, 1.165) is 20.8 Å². The highest BCUT2D eigenvalue weighted by Crippen LogP contribution is 2.71. The summed E-state index contributed by atoms with van der Waals surface area (Å²) in [4.78, 5) is 77.4. The Bertz CT molecular complexity index is 1290. The molecular formula is C31H42O13. The van der Waals surface area contributed by atoms with Crippen LogP contribution < -0.4 is 0 Å². The third kappa shape index (κ3) is 4.69. The Morgan fingerprint density at radius 3 is 1.91 bits per heavy atom. The van der Waals surface area contributed by atoms with Crippen molar-refractivity contribution < 1.29 is 62.3 Å². The lowest BCUT2D eigenvalue weighted by atomic mass is 9.55. The normalized spacial score (nSPS) is 42.0. The highest BCUT2D eigenvalue weighted by atomic mass is 16.6. The van der Waals surface area contributed by atoms with Crippen LogP contribution in [0.25, 0.3) is 0 Å². The molecule has 11 atom stereocenters. The summed E-state index contributed by atoms with van der Waals surface area (Å²) in [6.45, 7) is 14.7. The van der Waals surface area contributed by atoms with E-state index >= 15 is 0 Å². The minimum absolute atomic E-state index is 0.0651. The fraction of sp³-hybridized carbons (Fsp3) is 0.742. The van der Waals surface area contributed by atoms with Gasteiger partial charge in [0.25, 0.3) is 0 Å². The molecule has 244 valence electrons. The molecule has 0 radical (unpaired) electrons. The molecule has 4 fully saturated rings. The summed E-state index contributed by atoms with van der Waals surface area (Å²) in [5.74, 6) is -7.59. The van der Waals surface area contributed by atoms with Gasteiger partial charge < -0.3 is 33.5 Å². The lowest BCUT2D eigenvalue weighted by Crippen LogP contribution is -2.67. The smallest absolute Gasteiger partial charge is 0.307 e. The highest BCUT2D eigenvalue weighted by Gasteiger charge is 2.85. The summed E-state index contributed by atoms with van der Waals surface area (Å²) in [7, 11) is 0. The van der Waals surface area contributed by atoms with Crippen LogP contribution in [0.4, 0.5) is 0 Å². The van der Waals surface area contributed by atoms with Crippen LogP contribution in [0.1, 0.15) is 81.1 Å². The number of hydrogen-bond acceptors (Lipinski definition) is 13. The molecule has 1 saturated heterocycles. The van der Waals surface area contributed by atoms with E-state index < -0.39 is 100 Å². The molecule has 3 aliphatic carbocycles. The molecule has 3 saturated carbocycles. The molecule has 0 aromatic rings. The zero-order valence-electron chi connectivity index (χ0n) is 26.4. The Hall–Kier alpha value is -3.48. The fourth-order valence-corrected chi connectivity index (χ4v) is 8.99. The lowest BCUT2D eigenvalue weighted by molar-refractivity contribution is -0.249. The van der Waals surface area contributed by atoms with Crippen LogP contribution in [-0.4, -0.2) is 82.1 Å². The van der Waals surface area contributed by atoms with Crippen LogP contribution in [0.15, 0.2) is 12.2 Å². The third-order valence-corrected chi connectivity index (χ3v) is 10.2. The van der Waals surface area contributed by atoms with Crippen molar-refractivity contribution in [3.63, 3.8) is 0 Å². The average molecular weight is 623 g/mol. The Morgan fingerprint density at radius 1 is 0.841 bits per heavy atom. The van der Waals surface area contributed by atoms with Crippen molar-refractivity contribution in [1.82, 2.24) is 0 Å². The molecule has 0 aromatic heterocycles. The maximum absolute atomic E-state index is 13.1. The number of aliphatic hydroxyl groups is 1. The Labute approximate surface area is 255 Å². The van der Waals surface area contributed by atoms with E-state index in [0.29, 0.717) is 0 Å². The maximum Gasteiger partial charge on any atom is 0.307 e. The predicted molar refractivity (Wildman–Crippen MR) is 148 cm³/mol. The lowest BCUT2D eigenvalue weighted by Gasteiger charge is -2.54. The molecule has 1 aliphatic heterocycles. The zero-order chi connectivity index (χ0) is 33.2. The van der Waals surface area contributed by atoms with Crippen molar-refractivity contribution in [3.05, 3.63) is 12.2 Å². The molecule has 2 bridgehead atoms. The van der Waals surface area contributed by atoms with Crippen LogP contribution in [0.2, 0.25) is 0 Å². The quantitative estimate of drug-likeness (QED) is 0.248. The monoisotopic (exact) mass is 622 g/mol. The minimum atomic E-state index is -1.92. The predicted octanol–water partition coefficient (Wildman–Crippen LogP) is 2.09. The summed E-state index contributed by atoms with van der Waals surface area (Å²) < 4.78 is 36.0. The molecule has 1 heterocycles. The van der Waals surface area contributed by atoms with Crippen molar-refractivity contribution in [2.45, 2.75) is 122 Å². The van der Waals surface area contributed by atoms with Gasteiger partial charge in [-0.15, -0.1) is 0 Å². The SMILES string of the molecule is C=C(C)C12OC(=O)CC1C(C)(O)C1CCC3C(OC(=O)CC)C1(C(OC(C)=O)C2OC(C)=O)C(OC(C)=O)C3(C)OC(C)=O. The van der Waals surface area contributed by atoms with Crippen LogP contribution in [-0.2, 0) is 57.2 Å². The van der Waals surface area contributed by atoms with Gasteiger partial charge in [0.05, 0.1) is 17.4 Å². The summed E-state index contributed by atoms with van der Waals surface area (Å²) in [5.41, 5.74) is -7.21. The number of carbonyl (C=O) groups is 6. The number of esters is 6. The first-order valence-corrected chi connectivity index (χ1v) is 14.8. The summed E-state index contributed by atoms with van der Waals surface area (Å²) in [5, 5.41) is 12.7. The van der Waals surface area contributed by atoms with Crippen LogP contribution in [0.5, 0.6) is 0 Å². The van der Waals surface area contributed by atoms with Gasteiger partial charge in [-0.05, 0) is 39.2 Å². The van der Waals surface area contributed by atoms with Crippen LogP contribution >= 0.6 is 0 Å². The van der Waals surface area contributed by atoms with Gasteiger partial charge in [-0.25, -0.2) is 0 Å². The van der Waals surface area contributed by atoms with Crippen molar-refractivity contribution in [2.24, 2.45) is 23.2 Å². The second kappa shape index (κ2) is 11.1. The van der Waals surface area contributed by atoms with E-state index in [1.165, 1.54) is 27.7 Å². The average Bonchev–Trinajstić information content (AvgIpc) is 3.29. The topological polar surface area (TPSA) is 178 Å². The highest BCUT2D eigenvalue weighted by molar-refractivity contribution is 5.76. The first kappa shape index (κ1) is 33.4. The summed E-state index contributed by atoms with van der Waals surface area (Å²) >= 11 is 0. The minimum Gasteiger partial charge on any atom is -0.461 e. The number of hydrogen-bond donors (Lipinski definition) is 1. The van der Waals surface area contributed by atoms with Crippen molar-refractivity contribution >= 4 is 35.8 Å². The Kier molecular flexibility index (Phi) is 8.47. The Morgan fingerprint density at radius 2 is 1.41 bits per heavy atom. The summed E-state index contributed by atoms with van der Waals surface area (Å²) in [6, 6.07) is 0. The fourth-order valence-electron chi connectivity index (χ4n) is 8.99. The van der Waals surface area contributed by atoms with Gasteiger partial charge in [-0.1, -0.05) is 13.5 Å². The molecule has 4 aliphatic rings. The van der Waals surface area contributed by atoms with Crippen LogP contribution in [0.3, 0.4) is 0 Å². The second-order valence-corrected chi connectivity index (χ2v) is 12.9. The molecule has 0 aromatic carbocycles. The van der Waals surface area contributed by atoms with Gasteiger partial charge in [0.1, 0.15) is 6.10 Å². The van der Waals surface area contributed by atoms with Crippen molar-refractivity contribution in [1.29, 1.82) is 0 Å². The molecule has 13 nitrogen and oxygen atoms in total. The van der Waals surface area contributed by atoms with Gasteiger partial charge in [0, 0.05) is 51.9 Å². The maximum atomic E-state index is 13.1. The number of carbonyl (C=O) groups excluding carboxylic acids is 6. The van der Waals surface area contributed by atoms with E-state index in [2.05, 4.69) is 6.58 Å². The molecule has 1 N–H and O–H groups in total. The molecule has 0 amide bonds. The first-order chi connectivity index (χ1) is 20.3. The van der Waals surface area contributed by atoms with Gasteiger partial charge >= 0.3 is 35.8 Å². The van der Waals surface area contributed by atoms with Crippen molar-refractivity contribution in [2.75, 3.05) is 0 Å². The standard InChI is InChI=1S/C31H42O13/c1-10-22(36)42-24-19-11-12-20-28(8,38)21-13-23(37)44-31(21,14(2)3)26(40-16(5)33)25(39-15(4)32)30(20,24)27(41-17(6)34)29(19,9)43-18(7)35/h19-21,24-27,38H,2,10-13H2,1,3-9H3. The zero-order valence-corrected chi connectivity index (χ0v) is 26.4. The van der Waals surface area contributed by atoms with Gasteiger partial charge in [-0.2, -0.15) is 0 Å². The first-order valence-electron chi connectivity index (χ1n) is 14.8. The van der Waals surface area contributed by atoms with Gasteiger partial charge in [0.15, 0.2) is 29.5 Å². The van der Waals surface area contributed by atoms with Gasteiger partial charge in [0.2, 0.25) is 0 Å². The van der Waals surface area contributed by atoms with Crippen LogP contribution in [0, 0.1) is 23.2 Å². The number of rotatable bonds is 7. The second-order valence-electron chi connectivity index (χ2n) is 12.9. The molecule has 1 spiro atoms. The third-order valence-electron chi connectivity index (χ3n) is 10.2. The largest absolute Gasteiger partial charge is 0.461 e. The molecule has 13 heteroatoms. The molecular weight excluding hydrogens is 580 g/mol. The molecule has 11 unspecified atom stereocenters. The van der Waals surface area contributed by atoms with E-state index in [1.807, 2.05) is 0 Å². The van der Waals surface area contributed by atoms with Gasteiger partial charge in [-0.3, -0.25) is 28.8 Å². The summed E-state index contributed by atoms with van der Waals surface area (Å²) in [6.07, 6.45) is -6.15. The molecule has 44 heavy (non-hydrogen) atoms. The van der Waals surface area contributed by atoms with E-state index in [1.54, 1.807) is 6.92 Å². The van der Waals surface area contributed by atoms with E-state index in [4.69, 9.17) is 28.4 Å². The van der Waals surface area contributed by atoms with E-state index in [9.17, 15) is 33.9 Å². The number of fused-ring (bicyclic) bond motifs is 2.